The standard InChI is InChI=1S/C25H29N3O3/c1-19(2)31-16-15-28(14-13-22-17-26-24-6-4-3-5-23(22)24)18-21-9-7-20(8-10-21)11-12-25(29)27-30/h5-12,17,19,26,30H,13-16,18H2,1-2H3,(H,27,29)/b12-11+. The Bertz CT molecular complexity index is 993. The van der Waals surface area contributed by atoms with Crippen molar-refractivity contribution in [3.05, 3.63) is 77.5 Å². The first kappa shape index (κ1) is 22.6. The SMILES string of the molecule is CC(C)OCCN(CCc1c[nH]c2cc#ccc12)Cc1ccc(/C=C/C(=O)NO)cc1. The number of nitrogens with zero attached hydrogens (tertiary/aromatic N) is 1. The summed E-state index contributed by atoms with van der Waals surface area (Å²) in [5.74, 6) is -0.548. The Labute approximate surface area is 183 Å². The van der Waals surface area contributed by atoms with Crippen LogP contribution in [0.1, 0.15) is 30.5 Å². The maximum absolute atomic E-state index is 11.1. The Morgan fingerprint density at radius 1 is 1.23 bits per heavy atom. The molecule has 0 fully saturated rings. The van der Waals surface area contributed by atoms with Gasteiger partial charge < -0.3 is 9.72 Å². The predicted molar refractivity (Wildman–Crippen MR) is 121 cm³/mol. The largest absolute Gasteiger partial charge is 0.377 e. The quantitative estimate of drug-likeness (QED) is 0.251. The molecule has 1 aromatic heterocycles. The zero-order chi connectivity index (χ0) is 22.1. The third-order valence-electron chi connectivity index (χ3n) is 5.03. The van der Waals surface area contributed by atoms with Gasteiger partial charge in [0.05, 0.1) is 18.2 Å². The summed E-state index contributed by atoms with van der Waals surface area (Å²) in [6, 6.07) is 18.0. The molecule has 3 rings (SSSR count). The molecule has 31 heavy (non-hydrogen) atoms. The Kier molecular flexibility index (Phi) is 8.25. The molecule has 0 unspecified atom stereocenters. The van der Waals surface area contributed by atoms with Crippen LogP contribution in [0.25, 0.3) is 17.0 Å². The summed E-state index contributed by atoms with van der Waals surface area (Å²) in [7, 11) is 0. The van der Waals surface area contributed by atoms with E-state index in [2.05, 4.69) is 40.3 Å². The van der Waals surface area contributed by atoms with Gasteiger partial charge in [-0.2, -0.15) is 0 Å². The normalized spacial score (nSPS) is 11.5. The fourth-order valence-corrected chi connectivity index (χ4v) is 3.39. The average Bonchev–Trinajstić information content (AvgIpc) is 3.19. The topological polar surface area (TPSA) is 77.6 Å². The number of benzene rings is 1. The lowest BCUT2D eigenvalue weighted by molar-refractivity contribution is -0.124. The lowest BCUT2D eigenvalue weighted by Gasteiger charge is -2.23. The molecule has 0 saturated heterocycles. The number of rotatable bonds is 11. The fourth-order valence-electron chi connectivity index (χ4n) is 3.39. The molecule has 0 bridgehead atoms. The molecule has 0 radical (unpaired) electrons. The highest BCUT2D eigenvalue weighted by Gasteiger charge is 2.10. The third kappa shape index (κ3) is 6.97. The van der Waals surface area contributed by atoms with Gasteiger partial charge in [0, 0.05) is 43.4 Å². The van der Waals surface area contributed by atoms with Crippen LogP contribution >= 0.6 is 0 Å². The number of ether oxygens (including phenoxy) is 1. The maximum atomic E-state index is 11.1. The molecule has 0 atom stereocenters. The molecule has 0 spiro atoms. The van der Waals surface area contributed by atoms with E-state index < -0.39 is 5.91 Å². The second kappa shape index (κ2) is 11.3. The van der Waals surface area contributed by atoms with E-state index in [1.165, 1.54) is 22.6 Å². The van der Waals surface area contributed by atoms with Gasteiger partial charge in [-0.1, -0.05) is 36.4 Å². The number of hydrogen-bond acceptors (Lipinski definition) is 4. The van der Waals surface area contributed by atoms with Gasteiger partial charge in [0.1, 0.15) is 0 Å². The number of fused-ring (bicyclic) bond motifs is 1. The fraction of sp³-hybridized carbons (Fsp3) is 0.320. The minimum Gasteiger partial charge on any atom is -0.377 e. The van der Waals surface area contributed by atoms with Gasteiger partial charge in [-0.15, -0.1) is 0 Å². The molecular weight excluding hydrogens is 390 g/mol. The summed E-state index contributed by atoms with van der Waals surface area (Å²) in [5.41, 5.74) is 6.03. The molecule has 3 N–H and O–H groups in total. The van der Waals surface area contributed by atoms with Crippen molar-refractivity contribution in [2.24, 2.45) is 0 Å². The Balaban J connectivity index is 1.63. The van der Waals surface area contributed by atoms with E-state index >= 15 is 0 Å². The van der Waals surface area contributed by atoms with Crippen LogP contribution in [0.4, 0.5) is 0 Å². The van der Waals surface area contributed by atoms with Crippen LogP contribution in [0.2, 0.25) is 0 Å². The molecular formula is C25H29N3O3. The minimum atomic E-state index is -0.548. The zero-order valence-corrected chi connectivity index (χ0v) is 18.0. The number of hydrogen-bond donors (Lipinski definition) is 3. The molecule has 6 nitrogen and oxygen atoms in total. The number of H-pyrrole nitrogens is 1. The average molecular weight is 420 g/mol. The van der Waals surface area contributed by atoms with Crippen LogP contribution in [-0.4, -0.2) is 46.8 Å². The smallest absolute Gasteiger partial charge is 0.267 e. The molecule has 0 saturated carbocycles. The Hall–Kier alpha value is -3.11. The van der Waals surface area contributed by atoms with E-state index in [9.17, 15) is 4.79 Å². The number of hydroxylamine groups is 1. The summed E-state index contributed by atoms with van der Waals surface area (Å²) < 4.78 is 5.78. The second-order valence-electron chi connectivity index (χ2n) is 7.72. The predicted octanol–water partition coefficient (Wildman–Crippen LogP) is 3.76. The van der Waals surface area contributed by atoms with Crippen LogP contribution in [0, 0.1) is 12.1 Å². The van der Waals surface area contributed by atoms with Crippen molar-refractivity contribution in [3.63, 3.8) is 0 Å². The summed E-state index contributed by atoms with van der Waals surface area (Å²) in [6.45, 7) is 7.35. The van der Waals surface area contributed by atoms with E-state index in [0.717, 1.165) is 37.1 Å². The van der Waals surface area contributed by atoms with Gasteiger partial charge >= 0.3 is 0 Å². The van der Waals surface area contributed by atoms with Gasteiger partial charge in [-0.05, 0) is 49.1 Å². The van der Waals surface area contributed by atoms with E-state index in [-0.39, 0.29) is 6.10 Å². The monoisotopic (exact) mass is 419 g/mol. The van der Waals surface area contributed by atoms with Gasteiger partial charge in [-0.25, -0.2) is 5.48 Å². The highest BCUT2D eigenvalue weighted by Crippen LogP contribution is 2.17. The number of carbonyl (C=O) groups is 1. The first-order chi connectivity index (χ1) is 15.0. The zero-order valence-electron chi connectivity index (χ0n) is 18.0. The molecule has 1 heterocycles. The van der Waals surface area contributed by atoms with Crippen molar-refractivity contribution in [3.8, 4) is 0 Å². The van der Waals surface area contributed by atoms with Gasteiger partial charge in [0.2, 0.25) is 0 Å². The summed E-state index contributed by atoms with van der Waals surface area (Å²) >= 11 is 0. The number of nitrogens with one attached hydrogen (secondary N) is 2. The number of amides is 1. The van der Waals surface area contributed by atoms with Crippen molar-refractivity contribution in [2.45, 2.75) is 32.9 Å². The van der Waals surface area contributed by atoms with Crippen LogP contribution in [-0.2, 0) is 22.5 Å². The van der Waals surface area contributed by atoms with E-state index in [0.29, 0.717) is 6.61 Å². The van der Waals surface area contributed by atoms with Crippen LogP contribution in [0.15, 0.2) is 48.7 Å². The lowest BCUT2D eigenvalue weighted by atomic mass is 10.1. The van der Waals surface area contributed by atoms with Crippen molar-refractivity contribution in [1.82, 2.24) is 15.4 Å². The van der Waals surface area contributed by atoms with Crippen LogP contribution in [0.5, 0.6) is 0 Å². The van der Waals surface area contributed by atoms with Crippen molar-refractivity contribution < 1.29 is 14.7 Å². The maximum Gasteiger partial charge on any atom is 0.267 e. The highest BCUT2D eigenvalue weighted by molar-refractivity contribution is 5.90. The van der Waals surface area contributed by atoms with E-state index in [1.54, 1.807) is 11.6 Å². The molecule has 0 aliphatic rings. The number of carbonyl (C=O) groups excluding carboxylic acids is 1. The molecule has 3 aromatic rings. The van der Waals surface area contributed by atoms with Gasteiger partial charge in [0.25, 0.3) is 5.91 Å². The molecule has 162 valence electrons. The first-order valence-electron chi connectivity index (χ1n) is 10.5. The van der Waals surface area contributed by atoms with Crippen LogP contribution in [0.3, 0.4) is 0 Å². The van der Waals surface area contributed by atoms with Crippen molar-refractivity contribution in [2.75, 3.05) is 19.7 Å². The molecule has 6 heteroatoms. The molecule has 0 aliphatic carbocycles. The lowest BCUT2D eigenvalue weighted by Crippen LogP contribution is -2.30. The number of aromatic nitrogens is 1. The van der Waals surface area contributed by atoms with Crippen LogP contribution < -0.4 is 5.48 Å². The summed E-state index contributed by atoms with van der Waals surface area (Å²) in [5, 5.41) is 9.76. The Morgan fingerprint density at radius 2 is 2.00 bits per heavy atom. The van der Waals surface area contributed by atoms with Crippen molar-refractivity contribution >= 4 is 22.9 Å². The second-order valence-corrected chi connectivity index (χ2v) is 7.72. The third-order valence-corrected chi connectivity index (χ3v) is 5.03. The van der Waals surface area contributed by atoms with Crippen molar-refractivity contribution in [1.29, 1.82) is 0 Å². The Morgan fingerprint density at radius 3 is 2.74 bits per heavy atom. The molecule has 1 amide bonds. The summed E-state index contributed by atoms with van der Waals surface area (Å²) in [4.78, 5) is 16.8. The highest BCUT2D eigenvalue weighted by atomic mass is 16.5. The number of aromatic amines is 1. The molecule has 0 aliphatic heterocycles. The van der Waals surface area contributed by atoms with E-state index in [1.807, 2.05) is 38.1 Å². The minimum absolute atomic E-state index is 0.212. The molecule has 2 aromatic carbocycles. The summed E-state index contributed by atoms with van der Waals surface area (Å²) in [6.07, 6.45) is 6.16. The first-order valence-corrected chi connectivity index (χ1v) is 10.5. The van der Waals surface area contributed by atoms with Gasteiger partial charge in [-0.3, -0.25) is 14.9 Å². The van der Waals surface area contributed by atoms with E-state index in [4.69, 9.17) is 9.94 Å². The van der Waals surface area contributed by atoms with Gasteiger partial charge in [0.15, 0.2) is 0 Å².